The van der Waals surface area contributed by atoms with Crippen molar-refractivity contribution in [2.45, 2.75) is 29.9 Å². The summed E-state index contributed by atoms with van der Waals surface area (Å²) in [6.07, 6.45) is 1.08. The molecule has 4 nitrogen and oxygen atoms in total. The van der Waals surface area contributed by atoms with Crippen molar-refractivity contribution >= 4 is 29.3 Å². The van der Waals surface area contributed by atoms with Gasteiger partial charge in [-0.25, -0.2) is 0 Å². The van der Waals surface area contributed by atoms with Gasteiger partial charge in [0.25, 0.3) is 5.91 Å². The smallest absolute Gasteiger partial charge is 0.310 e. The number of ether oxygens (including phenoxy) is 1. The summed E-state index contributed by atoms with van der Waals surface area (Å²) in [7, 11) is 0. The Balaban J connectivity index is 1.62. The van der Waals surface area contributed by atoms with E-state index in [0.29, 0.717) is 11.8 Å². The molecule has 0 saturated heterocycles. The molecule has 3 rings (SSSR count). The largest absolute Gasteiger partial charge is 0.455 e. The topological polar surface area (TPSA) is 46.6 Å². The van der Waals surface area contributed by atoms with Crippen LogP contribution in [0.1, 0.15) is 18.9 Å². The highest BCUT2D eigenvalue weighted by molar-refractivity contribution is 8.00. The minimum atomic E-state index is -0.384. The Morgan fingerprint density at radius 1 is 1.12 bits per heavy atom. The minimum Gasteiger partial charge on any atom is -0.455 e. The summed E-state index contributed by atoms with van der Waals surface area (Å²) in [4.78, 5) is 27.4. The number of fused-ring (bicyclic) bond motifs is 1. The van der Waals surface area contributed by atoms with Crippen molar-refractivity contribution in [2.75, 3.05) is 18.1 Å². The summed E-state index contributed by atoms with van der Waals surface area (Å²) in [6.45, 7) is 2.58. The van der Waals surface area contributed by atoms with Crippen LogP contribution in [0, 0.1) is 0 Å². The molecule has 1 heterocycles. The van der Waals surface area contributed by atoms with E-state index in [1.807, 2.05) is 54.6 Å². The van der Waals surface area contributed by atoms with E-state index in [2.05, 4.69) is 6.92 Å². The first-order chi connectivity index (χ1) is 12.1. The van der Waals surface area contributed by atoms with E-state index < -0.39 is 0 Å². The second-order valence-corrected chi connectivity index (χ2v) is 7.53. The SMILES string of the molecule is C[C@H]1CCN(C(=O)COC(=O)Cc2ccccc2)c2ccccc2S1. The number of rotatable bonds is 4. The molecule has 2 aromatic carbocycles. The molecule has 0 saturated carbocycles. The van der Waals surface area contributed by atoms with E-state index >= 15 is 0 Å². The third-order valence-corrected chi connectivity index (χ3v) is 5.33. The molecule has 0 bridgehead atoms. The molecular formula is C20H21NO3S. The van der Waals surface area contributed by atoms with Crippen molar-refractivity contribution in [3.8, 4) is 0 Å². The first-order valence-corrected chi connectivity index (χ1v) is 9.27. The van der Waals surface area contributed by atoms with E-state index in [1.165, 1.54) is 0 Å². The van der Waals surface area contributed by atoms with Crippen LogP contribution in [-0.4, -0.2) is 30.3 Å². The average molecular weight is 355 g/mol. The van der Waals surface area contributed by atoms with Gasteiger partial charge in [-0.2, -0.15) is 0 Å². The molecule has 0 aliphatic carbocycles. The number of benzene rings is 2. The number of nitrogens with zero attached hydrogens (tertiary/aromatic N) is 1. The van der Waals surface area contributed by atoms with E-state index in [9.17, 15) is 9.59 Å². The van der Waals surface area contributed by atoms with Gasteiger partial charge in [0, 0.05) is 16.7 Å². The molecular weight excluding hydrogens is 334 g/mol. The van der Waals surface area contributed by atoms with Crippen LogP contribution in [0.5, 0.6) is 0 Å². The number of carbonyl (C=O) groups is 2. The zero-order chi connectivity index (χ0) is 17.6. The van der Waals surface area contributed by atoms with E-state index in [4.69, 9.17) is 4.74 Å². The first-order valence-electron chi connectivity index (χ1n) is 8.39. The molecule has 2 aromatic rings. The van der Waals surface area contributed by atoms with Crippen molar-refractivity contribution in [1.29, 1.82) is 0 Å². The lowest BCUT2D eigenvalue weighted by molar-refractivity contribution is -0.147. The number of hydrogen-bond donors (Lipinski definition) is 0. The van der Waals surface area contributed by atoms with Gasteiger partial charge in [-0.15, -0.1) is 11.8 Å². The van der Waals surface area contributed by atoms with Crippen LogP contribution >= 0.6 is 11.8 Å². The second kappa shape index (κ2) is 8.21. The Morgan fingerprint density at radius 3 is 2.64 bits per heavy atom. The maximum absolute atomic E-state index is 12.6. The lowest BCUT2D eigenvalue weighted by Crippen LogP contribution is -2.36. The van der Waals surface area contributed by atoms with Crippen molar-refractivity contribution in [3.63, 3.8) is 0 Å². The molecule has 130 valence electrons. The van der Waals surface area contributed by atoms with Crippen LogP contribution in [0.4, 0.5) is 5.69 Å². The second-order valence-electron chi connectivity index (χ2n) is 6.05. The van der Waals surface area contributed by atoms with Gasteiger partial charge in [0.15, 0.2) is 6.61 Å². The van der Waals surface area contributed by atoms with E-state index in [0.717, 1.165) is 22.6 Å². The van der Waals surface area contributed by atoms with Crippen molar-refractivity contribution < 1.29 is 14.3 Å². The average Bonchev–Trinajstić information content (AvgIpc) is 2.79. The maximum Gasteiger partial charge on any atom is 0.310 e. The molecule has 0 radical (unpaired) electrons. The number of para-hydroxylation sites is 1. The number of hydrogen-bond acceptors (Lipinski definition) is 4. The van der Waals surface area contributed by atoms with Crippen LogP contribution in [-0.2, 0) is 20.7 Å². The van der Waals surface area contributed by atoms with Crippen LogP contribution in [0.15, 0.2) is 59.5 Å². The standard InChI is InChI=1S/C20H21NO3S/c1-15-11-12-21(17-9-5-6-10-18(17)25-15)19(22)14-24-20(23)13-16-7-3-2-4-8-16/h2-10,15H,11-14H2,1H3/t15-/m0/s1. The van der Waals surface area contributed by atoms with Crippen molar-refractivity contribution in [1.82, 2.24) is 0 Å². The lowest BCUT2D eigenvalue weighted by atomic mass is 10.2. The molecule has 0 spiro atoms. The number of anilines is 1. The molecule has 1 amide bonds. The fraction of sp³-hybridized carbons (Fsp3) is 0.300. The molecule has 25 heavy (non-hydrogen) atoms. The Bertz CT molecular complexity index is 748. The molecule has 0 aromatic heterocycles. The number of amides is 1. The van der Waals surface area contributed by atoms with Crippen LogP contribution in [0.2, 0.25) is 0 Å². The fourth-order valence-corrected chi connectivity index (χ4v) is 3.89. The van der Waals surface area contributed by atoms with E-state index in [1.54, 1.807) is 16.7 Å². The lowest BCUT2D eigenvalue weighted by Gasteiger charge is -2.22. The Kier molecular flexibility index (Phi) is 5.76. The Morgan fingerprint density at radius 2 is 1.84 bits per heavy atom. The molecule has 1 aliphatic rings. The van der Waals surface area contributed by atoms with Crippen molar-refractivity contribution in [3.05, 3.63) is 60.2 Å². The molecule has 5 heteroatoms. The van der Waals surface area contributed by atoms with Crippen LogP contribution in [0.25, 0.3) is 0 Å². The monoisotopic (exact) mass is 355 g/mol. The summed E-state index contributed by atoms with van der Waals surface area (Å²) >= 11 is 1.78. The van der Waals surface area contributed by atoms with Gasteiger partial charge in [-0.1, -0.05) is 49.4 Å². The molecule has 0 unspecified atom stereocenters. The van der Waals surface area contributed by atoms with Gasteiger partial charge < -0.3 is 9.64 Å². The molecule has 0 N–H and O–H groups in total. The molecule has 1 atom stereocenters. The van der Waals surface area contributed by atoms with Crippen molar-refractivity contribution in [2.24, 2.45) is 0 Å². The number of carbonyl (C=O) groups excluding carboxylic acids is 2. The predicted molar refractivity (Wildman–Crippen MR) is 99.8 cm³/mol. The zero-order valence-electron chi connectivity index (χ0n) is 14.2. The van der Waals surface area contributed by atoms with Gasteiger partial charge in [0.05, 0.1) is 12.1 Å². The highest BCUT2D eigenvalue weighted by atomic mass is 32.2. The third-order valence-electron chi connectivity index (χ3n) is 4.09. The van der Waals surface area contributed by atoms with Gasteiger partial charge in [0.2, 0.25) is 0 Å². The van der Waals surface area contributed by atoms with Gasteiger partial charge in [0.1, 0.15) is 0 Å². The quantitative estimate of drug-likeness (QED) is 0.785. The fourth-order valence-electron chi connectivity index (χ4n) is 2.78. The normalized spacial score (nSPS) is 16.7. The van der Waals surface area contributed by atoms with Crippen LogP contribution in [0.3, 0.4) is 0 Å². The third kappa shape index (κ3) is 4.63. The zero-order valence-corrected chi connectivity index (χ0v) is 15.0. The van der Waals surface area contributed by atoms with Crippen LogP contribution < -0.4 is 4.90 Å². The summed E-state index contributed by atoms with van der Waals surface area (Å²) < 4.78 is 5.21. The van der Waals surface area contributed by atoms with Gasteiger partial charge in [-0.05, 0) is 24.1 Å². The first kappa shape index (κ1) is 17.5. The summed E-state index contributed by atoms with van der Waals surface area (Å²) in [5.41, 5.74) is 1.78. The molecule has 0 fully saturated rings. The van der Waals surface area contributed by atoms with Gasteiger partial charge in [-0.3, -0.25) is 9.59 Å². The minimum absolute atomic E-state index is 0.177. The number of esters is 1. The van der Waals surface area contributed by atoms with Gasteiger partial charge >= 0.3 is 5.97 Å². The highest BCUT2D eigenvalue weighted by Gasteiger charge is 2.24. The summed E-state index contributed by atoms with van der Waals surface area (Å²) in [5, 5.41) is 0.444. The summed E-state index contributed by atoms with van der Waals surface area (Å²) in [5.74, 6) is -0.561. The van der Waals surface area contributed by atoms with E-state index in [-0.39, 0.29) is 24.9 Å². The summed E-state index contributed by atoms with van der Waals surface area (Å²) in [6, 6.07) is 17.3. The molecule has 1 aliphatic heterocycles. The predicted octanol–water partition coefficient (Wildman–Crippen LogP) is 3.69. The highest BCUT2D eigenvalue weighted by Crippen LogP contribution is 2.37. The maximum atomic E-state index is 12.6. The number of thioether (sulfide) groups is 1. The Hall–Kier alpha value is -2.27. The Labute approximate surface area is 152 Å².